The number of nitrogens with zero attached hydrogens (tertiary/aromatic N) is 1. The van der Waals surface area contributed by atoms with Crippen LogP contribution in [0.4, 0.5) is 11.4 Å². The third-order valence-corrected chi connectivity index (χ3v) is 3.69. The number of hydrogen-bond acceptors (Lipinski definition) is 6. The minimum Gasteiger partial charge on any atom is -0.453 e. The molecule has 0 saturated heterocycles. The quantitative estimate of drug-likeness (QED) is 0.330. The summed E-state index contributed by atoms with van der Waals surface area (Å²) in [6.07, 6.45) is -1.37. The van der Waals surface area contributed by atoms with Gasteiger partial charge in [0.15, 0.2) is 11.9 Å². The average Bonchev–Trinajstić information content (AvgIpc) is 2.67. The van der Waals surface area contributed by atoms with Gasteiger partial charge in [-0.2, -0.15) is 0 Å². The SMILES string of the molecule is C[C@@H](OC(=O)CCC(=O)c1ccccc1)C(=O)Nc1ccccc1[N+](=O)[O-]. The molecule has 0 aromatic heterocycles. The van der Waals surface area contributed by atoms with Crippen LogP contribution in [0.3, 0.4) is 0 Å². The molecule has 0 unspecified atom stereocenters. The third kappa shape index (κ3) is 5.74. The lowest BCUT2D eigenvalue weighted by Gasteiger charge is -2.13. The molecule has 8 heteroatoms. The topological polar surface area (TPSA) is 116 Å². The number of carbonyl (C=O) groups excluding carboxylic acids is 3. The zero-order chi connectivity index (χ0) is 19.8. The number of para-hydroxylation sites is 2. The van der Waals surface area contributed by atoms with Crippen molar-refractivity contribution in [2.24, 2.45) is 0 Å². The Labute approximate surface area is 155 Å². The minimum atomic E-state index is -1.16. The largest absolute Gasteiger partial charge is 0.453 e. The second-order valence-corrected chi connectivity index (χ2v) is 5.68. The number of rotatable bonds is 8. The number of nitro groups is 1. The molecule has 0 aliphatic carbocycles. The summed E-state index contributed by atoms with van der Waals surface area (Å²) in [6, 6.07) is 14.2. The molecule has 0 fully saturated rings. The maximum Gasteiger partial charge on any atom is 0.307 e. The summed E-state index contributed by atoms with van der Waals surface area (Å²) in [5.74, 6) is -1.61. The zero-order valence-corrected chi connectivity index (χ0v) is 14.6. The molecule has 2 aromatic rings. The van der Waals surface area contributed by atoms with Gasteiger partial charge in [-0.3, -0.25) is 24.5 Å². The van der Waals surface area contributed by atoms with Crippen molar-refractivity contribution < 1.29 is 24.0 Å². The average molecular weight is 370 g/mol. The van der Waals surface area contributed by atoms with Gasteiger partial charge in [0.05, 0.1) is 11.3 Å². The van der Waals surface area contributed by atoms with E-state index in [1.54, 1.807) is 30.3 Å². The van der Waals surface area contributed by atoms with Gasteiger partial charge in [-0.05, 0) is 13.0 Å². The van der Waals surface area contributed by atoms with Crippen molar-refractivity contribution in [2.45, 2.75) is 25.9 Å². The molecule has 0 radical (unpaired) electrons. The van der Waals surface area contributed by atoms with Crippen molar-refractivity contribution in [2.75, 3.05) is 5.32 Å². The highest BCUT2D eigenvalue weighted by molar-refractivity contribution is 5.98. The van der Waals surface area contributed by atoms with Gasteiger partial charge in [-0.25, -0.2) is 0 Å². The summed E-state index contributed by atoms with van der Waals surface area (Å²) in [5, 5.41) is 13.3. The van der Waals surface area contributed by atoms with Gasteiger partial charge in [0.1, 0.15) is 5.69 Å². The van der Waals surface area contributed by atoms with E-state index >= 15 is 0 Å². The first-order valence-electron chi connectivity index (χ1n) is 8.20. The second kappa shape index (κ2) is 9.23. The second-order valence-electron chi connectivity index (χ2n) is 5.68. The van der Waals surface area contributed by atoms with E-state index < -0.39 is 22.9 Å². The Morgan fingerprint density at radius 1 is 1.04 bits per heavy atom. The van der Waals surface area contributed by atoms with Crippen LogP contribution in [0.25, 0.3) is 0 Å². The van der Waals surface area contributed by atoms with E-state index in [-0.39, 0.29) is 30.0 Å². The fourth-order valence-corrected chi connectivity index (χ4v) is 2.27. The number of amides is 1. The lowest BCUT2D eigenvalue weighted by Crippen LogP contribution is -2.30. The zero-order valence-electron chi connectivity index (χ0n) is 14.6. The van der Waals surface area contributed by atoms with E-state index in [0.29, 0.717) is 5.56 Å². The van der Waals surface area contributed by atoms with Gasteiger partial charge in [0.2, 0.25) is 0 Å². The van der Waals surface area contributed by atoms with Crippen LogP contribution in [0.1, 0.15) is 30.1 Å². The van der Waals surface area contributed by atoms with Gasteiger partial charge < -0.3 is 10.1 Å². The summed E-state index contributed by atoms with van der Waals surface area (Å²) in [7, 11) is 0. The molecule has 0 saturated carbocycles. The van der Waals surface area contributed by atoms with Crippen molar-refractivity contribution >= 4 is 29.0 Å². The molecule has 8 nitrogen and oxygen atoms in total. The number of esters is 1. The van der Waals surface area contributed by atoms with Crippen molar-refractivity contribution in [3.8, 4) is 0 Å². The van der Waals surface area contributed by atoms with Crippen molar-refractivity contribution in [1.29, 1.82) is 0 Å². The van der Waals surface area contributed by atoms with Crippen molar-refractivity contribution in [1.82, 2.24) is 0 Å². The number of nitro benzene ring substituents is 1. The van der Waals surface area contributed by atoms with E-state index in [1.165, 1.54) is 31.2 Å². The molecule has 1 atom stereocenters. The summed E-state index contributed by atoms with van der Waals surface area (Å²) < 4.78 is 5.00. The predicted molar refractivity (Wildman–Crippen MR) is 97.3 cm³/mol. The molecule has 27 heavy (non-hydrogen) atoms. The molecule has 2 aromatic carbocycles. The van der Waals surface area contributed by atoms with Crippen LogP contribution in [0.2, 0.25) is 0 Å². The van der Waals surface area contributed by atoms with E-state index in [2.05, 4.69) is 5.32 Å². The van der Waals surface area contributed by atoms with E-state index in [9.17, 15) is 24.5 Å². The molecular weight excluding hydrogens is 352 g/mol. The van der Waals surface area contributed by atoms with E-state index in [4.69, 9.17) is 4.74 Å². The Kier molecular flexibility index (Phi) is 6.76. The number of Topliss-reactive ketones (excluding diaryl/α,β-unsaturated/α-hetero) is 1. The van der Waals surface area contributed by atoms with Gasteiger partial charge in [0, 0.05) is 18.1 Å². The highest BCUT2D eigenvalue weighted by Gasteiger charge is 2.22. The Morgan fingerprint density at radius 3 is 2.33 bits per heavy atom. The summed E-state index contributed by atoms with van der Waals surface area (Å²) in [4.78, 5) is 46.3. The van der Waals surface area contributed by atoms with Crippen LogP contribution in [0.15, 0.2) is 54.6 Å². The Hall–Kier alpha value is -3.55. The molecule has 0 heterocycles. The standard InChI is InChI=1S/C19H18N2O6/c1-13(19(24)20-15-9-5-6-10-16(15)21(25)26)27-18(23)12-11-17(22)14-7-3-2-4-8-14/h2-10,13H,11-12H2,1H3,(H,20,24)/t13-/m1/s1. The molecule has 2 rings (SSSR count). The Balaban J connectivity index is 1.86. The molecule has 0 aliphatic heterocycles. The van der Waals surface area contributed by atoms with Gasteiger partial charge in [0.25, 0.3) is 11.6 Å². The number of ketones is 1. The summed E-state index contributed by atoms with van der Waals surface area (Å²) >= 11 is 0. The highest BCUT2D eigenvalue weighted by Crippen LogP contribution is 2.23. The fraction of sp³-hybridized carbons (Fsp3) is 0.211. The number of ether oxygens (including phenoxy) is 1. The van der Waals surface area contributed by atoms with Crippen molar-refractivity contribution in [3.05, 3.63) is 70.3 Å². The lowest BCUT2D eigenvalue weighted by molar-refractivity contribution is -0.383. The summed E-state index contributed by atoms with van der Waals surface area (Å²) in [5.41, 5.74) is 0.236. The molecule has 1 amide bonds. The van der Waals surface area contributed by atoms with E-state index in [1.807, 2.05) is 0 Å². The highest BCUT2D eigenvalue weighted by atomic mass is 16.6. The molecular formula is C19H18N2O6. The van der Waals surface area contributed by atoms with Crippen molar-refractivity contribution in [3.63, 3.8) is 0 Å². The van der Waals surface area contributed by atoms with Crippen LogP contribution >= 0.6 is 0 Å². The number of nitrogens with one attached hydrogen (secondary N) is 1. The van der Waals surface area contributed by atoms with Crippen LogP contribution in [-0.4, -0.2) is 28.7 Å². The minimum absolute atomic E-state index is 0.00894. The fourth-order valence-electron chi connectivity index (χ4n) is 2.27. The first kappa shape index (κ1) is 19.8. The molecule has 0 aliphatic rings. The first-order chi connectivity index (χ1) is 12.9. The lowest BCUT2D eigenvalue weighted by atomic mass is 10.1. The molecule has 0 bridgehead atoms. The molecule has 1 N–H and O–H groups in total. The van der Waals surface area contributed by atoms with Gasteiger partial charge in [-0.1, -0.05) is 42.5 Å². The van der Waals surface area contributed by atoms with Crippen LogP contribution in [0.5, 0.6) is 0 Å². The smallest absolute Gasteiger partial charge is 0.307 e. The monoisotopic (exact) mass is 370 g/mol. The van der Waals surface area contributed by atoms with Crippen LogP contribution < -0.4 is 5.32 Å². The van der Waals surface area contributed by atoms with Crippen LogP contribution in [-0.2, 0) is 14.3 Å². The predicted octanol–water partition coefficient (Wildman–Crippen LogP) is 3.13. The van der Waals surface area contributed by atoms with Gasteiger partial charge in [-0.15, -0.1) is 0 Å². The maximum atomic E-state index is 12.1. The number of hydrogen-bond donors (Lipinski definition) is 1. The molecule has 0 spiro atoms. The number of benzene rings is 2. The van der Waals surface area contributed by atoms with Gasteiger partial charge >= 0.3 is 5.97 Å². The van der Waals surface area contributed by atoms with Crippen LogP contribution in [0, 0.1) is 10.1 Å². The number of anilines is 1. The molecule has 140 valence electrons. The third-order valence-electron chi connectivity index (χ3n) is 3.69. The van der Waals surface area contributed by atoms with E-state index in [0.717, 1.165) is 0 Å². The summed E-state index contributed by atoms with van der Waals surface area (Å²) in [6.45, 7) is 1.35. The normalized spacial score (nSPS) is 11.3. The Bertz CT molecular complexity index is 850. The number of carbonyl (C=O) groups is 3. The maximum absolute atomic E-state index is 12.1. The Morgan fingerprint density at radius 2 is 1.67 bits per heavy atom. The first-order valence-corrected chi connectivity index (χ1v) is 8.20.